The van der Waals surface area contributed by atoms with Gasteiger partial charge in [-0.15, -0.1) is 22.7 Å². The Morgan fingerprint density at radius 3 is 1.77 bits per heavy atom. The minimum atomic E-state index is -0.0787. The Kier molecular flexibility index (Phi) is 6.75. The molecule has 8 rings (SSSR count). The number of thioether (sulfide) groups is 2. The van der Waals surface area contributed by atoms with Gasteiger partial charge >= 0.3 is 0 Å². The number of hydrogen-bond acceptors (Lipinski definition) is 8. The highest BCUT2D eigenvalue weighted by molar-refractivity contribution is 8.16. The van der Waals surface area contributed by atoms with E-state index in [0.29, 0.717) is 11.1 Å². The molecule has 0 radical (unpaired) electrons. The van der Waals surface area contributed by atoms with Crippen LogP contribution in [0.1, 0.15) is 33.1 Å². The smallest absolute Gasteiger partial charge is 0.225 e. The van der Waals surface area contributed by atoms with Gasteiger partial charge in [0.05, 0.1) is 9.75 Å². The average Bonchev–Trinajstić information content (AvgIpc) is 3.84. The molecule has 2 aliphatic heterocycles. The minimum absolute atomic E-state index is 0.0654. The summed E-state index contributed by atoms with van der Waals surface area (Å²) in [5.74, 6) is 3.16. The molecule has 0 saturated heterocycles. The SMILES string of the molecule is Cc1ccc2c(c1)SC(=O)/C2=C1/C(=O)Sc2cc(-c3ccc(-c4ccc(/C=C/c5ccc(-c6ccc(C)s6)o5)o4)s3)ccc21. The van der Waals surface area contributed by atoms with Crippen LogP contribution in [0.4, 0.5) is 0 Å². The fraction of sp³-hybridized carbons (Fsp3) is 0.0556. The van der Waals surface area contributed by atoms with Crippen LogP contribution in [-0.4, -0.2) is 10.2 Å². The van der Waals surface area contributed by atoms with Crippen LogP contribution in [0.25, 0.3) is 55.0 Å². The molecule has 0 N–H and O–H groups in total. The highest BCUT2D eigenvalue weighted by atomic mass is 32.2. The van der Waals surface area contributed by atoms with E-state index in [-0.39, 0.29) is 10.2 Å². The molecule has 4 nitrogen and oxygen atoms in total. The lowest BCUT2D eigenvalue weighted by molar-refractivity contribution is -0.107. The first-order valence-corrected chi connectivity index (χ1v) is 17.2. The molecule has 8 heteroatoms. The van der Waals surface area contributed by atoms with Gasteiger partial charge < -0.3 is 8.83 Å². The molecule has 0 amide bonds. The Hall–Kier alpha value is -4.08. The zero-order valence-corrected chi connectivity index (χ0v) is 26.8. The van der Waals surface area contributed by atoms with Gasteiger partial charge in [0, 0.05) is 41.8 Å². The number of hydrogen-bond donors (Lipinski definition) is 0. The number of furan rings is 2. The van der Waals surface area contributed by atoms with Gasteiger partial charge in [-0.05, 0) is 121 Å². The second-order valence-corrected chi connectivity index (χ2v) is 15.0. The number of benzene rings is 2. The molecule has 214 valence electrons. The fourth-order valence-corrected chi connectivity index (χ4v) is 9.20. The Morgan fingerprint density at radius 2 is 1.14 bits per heavy atom. The third kappa shape index (κ3) is 4.88. The molecule has 44 heavy (non-hydrogen) atoms. The first-order chi connectivity index (χ1) is 21.4. The molecule has 4 aromatic heterocycles. The maximum absolute atomic E-state index is 13.2. The van der Waals surface area contributed by atoms with Crippen molar-refractivity contribution in [2.24, 2.45) is 0 Å². The van der Waals surface area contributed by atoms with E-state index in [1.165, 1.54) is 28.4 Å². The molecule has 0 fully saturated rings. The standard InChI is InChI=1S/C36H22O4S4/c1-19-3-10-24-31(17-19)43-35(37)33(24)34-25-11-5-21(18-32(25)44-36(34)38)28-15-16-30(42-28)27-13-9-23(40-27)7-6-22-8-12-26(39-22)29-14-4-20(2)41-29/h3-18H,1-2H3/b7-6+,34-33+. The summed E-state index contributed by atoms with van der Waals surface area (Å²) in [7, 11) is 0. The molecule has 2 aliphatic rings. The number of thiophene rings is 2. The Bertz CT molecular complexity index is 2200. The van der Waals surface area contributed by atoms with Gasteiger partial charge in [-0.25, -0.2) is 0 Å². The van der Waals surface area contributed by atoms with Gasteiger partial charge in [-0.3, -0.25) is 9.59 Å². The van der Waals surface area contributed by atoms with Crippen molar-refractivity contribution in [3.05, 3.63) is 118 Å². The van der Waals surface area contributed by atoms with E-state index in [1.807, 2.05) is 73.7 Å². The lowest BCUT2D eigenvalue weighted by atomic mass is 9.95. The maximum atomic E-state index is 13.2. The van der Waals surface area contributed by atoms with Crippen LogP contribution in [0.5, 0.6) is 0 Å². The quantitative estimate of drug-likeness (QED) is 0.174. The number of aryl methyl sites for hydroxylation is 2. The maximum Gasteiger partial charge on any atom is 0.225 e. The van der Waals surface area contributed by atoms with Gasteiger partial charge in [-0.1, -0.05) is 24.3 Å². The molecule has 0 bridgehead atoms. The minimum Gasteiger partial charge on any atom is -0.456 e. The van der Waals surface area contributed by atoms with Crippen molar-refractivity contribution in [3.63, 3.8) is 0 Å². The van der Waals surface area contributed by atoms with Crippen molar-refractivity contribution in [3.8, 4) is 31.7 Å². The summed E-state index contributed by atoms with van der Waals surface area (Å²) in [6.45, 7) is 4.09. The van der Waals surface area contributed by atoms with Gasteiger partial charge in [0.1, 0.15) is 23.0 Å². The molecule has 0 atom stereocenters. The number of carbonyl (C=O) groups excluding carboxylic acids is 2. The Morgan fingerprint density at radius 1 is 0.568 bits per heavy atom. The fourth-order valence-electron chi connectivity index (χ4n) is 5.39. The van der Waals surface area contributed by atoms with Crippen LogP contribution in [0.2, 0.25) is 0 Å². The highest BCUT2D eigenvalue weighted by Gasteiger charge is 2.36. The van der Waals surface area contributed by atoms with E-state index in [1.54, 1.807) is 22.7 Å². The molecule has 0 unspecified atom stereocenters. The Labute approximate surface area is 270 Å². The van der Waals surface area contributed by atoms with E-state index < -0.39 is 0 Å². The van der Waals surface area contributed by atoms with Crippen molar-refractivity contribution in [2.45, 2.75) is 23.6 Å². The second-order valence-electron chi connectivity index (χ2n) is 10.6. The highest BCUT2D eigenvalue weighted by Crippen LogP contribution is 2.51. The van der Waals surface area contributed by atoms with Crippen LogP contribution in [0, 0.1) is 13.8 Å². The Balaban J connectivity index is 1.03. The molecule has 2 aromatic carbocycles. The first kappa shape index (κ1) is 27.5. The number of fused-ring (bicyclic) bond motifs is 2. The van der Waals surface area contributed by atoms with E-state index in [4.69, 9.17) is 8.83 Å². The van der Waals surface area contributed by atoms with Crippen LogP contribution in [0.3, 0.4) is 0 Å². The lowest BCUT2D eigenvalue weighted by Crippen LogP contribution is -1.99. The largest absolute Gasteiger partial charge is 0.456 e. The molecular weight excluding hydrogens is 625 g/mol. The topological polar surface area (TPSA) is 60.4 Å². The van der Waals surface area contributed by atoms with Crippen LogP contribution >= 0.6 is 46.2 Å². The monoisotopic (exact) mass is 646 g/mol. The molecule has 6 aromatic rings. The zero-order valence-electron chi connectivity index (χ0n) is 23.5. The van der Waals surface area contributed by atoms with E-state index in [9.17, 15) is 9.59 Å². The van der Waals surface area contributed by atoms with Gasteiger partial charge in [-0.2, -0.15) is 0 Å². The number of rotatable bonds is 5. The number of carbonyl (C=O) groups is 2. The summed E-state index contributed by atoms with van der Waals surface area (Å²) in [5.41, 5.74) is 4.85. The summed E-state index contributed by atoms with van der Waals surface area (Å²) < 4.78 is 12.1. The summed E-state index contributed by atoms with van der Waals surface area (Å²) in [6.07, 6.45) is 3.82. The zero-order chi connectivity index (χ0) is 29.9. The lowest BCUT2D eigenvalue weighted by Gasteiger charge is -2.06. The van der Waals surface area contributed by atoms with Crippen molar-refractivity contribution >= 4 is 79.7 Å². The summed E-state index contributed by atoms with van der Waals surface area (Å²) in [4.78, 5) is 32.5. The second kappa shape index (κ2) is 10.8. The molecule has 6 heterocycles. The first-order valence-electron chi connectivity index (χ1n) is 13.9. The normalized spacial score (nSPS) is 16.0. The van der Waals surface area contributed by atoms with Gasteiger partial charge in [0.2, 0.25) is 10.2 Å². The van der Waals surface area contributed by atoms with E-state index in [0.717, 1.165) is 69.7 Å². The summed E-state index contributed by atoms with van der Waals surface area (Å²) in [5, 5.41) is -0.144. The van der Waals surface area contributed by atoms with Crippen molar-refractivity contribution in [2.75, 3.05) is 0 Å². The molecule has 0 spiro atoms. The van der Waals surface area contributed by atoms with Crippen LogP contribution in [-0.2, 0) is 9.59 Å². The average molecular weight is 647 g/mol. The van der Waals surface area contributed by atoms with Crippen LogP contribution in [0.15, 0.2) is 104 Å². The molecule has 0 aliphatic carbocycles. The predicted molar refractivity (Wildman–Crippen MR) is 183 cm³/mol. The van der Waals surface area contributed by atoms with E-state index >= 15 is 0 Å². The van der Waals surface area contributed by atoms with Gasteiger partial charge in [0.15, 0.2) is 0 Å². The van der Waals surface area contributed by atoms with Crippen molar-refractivity contribution in [1.82, 2.24) is 0 Å². The van der Waals surface area contributed by atoms with Crippen molar-refractivity contribution in [1.29, 1.82) is 0 Å². The van der Waals surface area contributed by atoms with Gasteiger partial charge in [0.25, 0.3) is 0 Å². The molecule has 0 saturated carbocycles. The summed E-state index contributed by atoms with van der Waals surface area (Å²) in [6, 6.07) is 28.2. The van der Waals surface area contributed by atoms with E-state index in [2.05, 4.69) is 37.3 Å². The molecular formula is C36H22O4S4. The third-order valence-electron chi connectivity index (χ3n) is 7.50. The third-order valence-corrected chi connectivity index (χ3v) is 11.6. The summed E-state index contributed by atoms with van der Waals surface area (Å²) >= 11 is 5.76. The van der Waals surface area contributed by atoms with Crippen LogP contribution < -0.4 is 0 Å². The van der Waals surface area contributed by atoms with Crippen molar-refractivity contribution < 1.29 is 18.4 Å². The predicted octanol–water partition coefficient (Wildman–Crippen LogP) is 11.0.